The van der Waals surface area contributed by atoms with E-state index in [0.717, 1.165) is 11.3 Å². The van der Waals surface area contributed by atoms with E-state index in [9.17, 15) is 9.18 Å². The SMILES string of the molecule is CCOc1ccccc1CCC(=O)Nc1cccc(F)c1. The van der Waals surface area contributed by atoms with Gasteiger partial charge in [0.2, 0.25) is 5.91 Å². The summed E-state index contributed by atoms with van der Waals surface area (Å²) in [5.41, 5.74) is 1.46. The molecule has 0 aliphatic heterocycles. The largest absolute Gasteiger partial charge is 0.494 e. The maximum atomic E-state index is 13.0. The summed E-state index contributed by atoms with van der Waals surface area (Å²) < 4.78 is 18.6. The van der Waals surface area contributed by atoms with Gasteiger partial charge in [0.15, 0.2) is 0 Å². The number of halogens is 1. The fourth-order valence-corrected chi connectivity index (χ4v) is 2.04. The molecule has 4 heteroatoms. The summed E-state index contributed by atoms with van der Waals surface area (Å²) in [6, 6.07) is 13.5. The second kappa shape index (κ2) is 7.43. The van der Waals surface area contributed by atoms with Crippen LogP contribution < -0.4 is 10.1 Å². The van der Waals surface area contributed by atoms with Gasteiger partial charge in [-0.1, -0.05) is 24.3 Å². The highest BCUT2D eigenvalue weighted by Gasteiger charge is 2.07. The van der Waals surface area contributed by atoms with Crippen LogP contribution in [-0.2, 0) is 11.2 Å². The molecule has 0 saturated carbocycles. The van der Waals surface area contributed by atoms with Gasteiger partial charge < -0.3 is 10.1 Å². The monoisotopic (exact) mass is 287 g/mol. The Morgan fingerprint density at radius 1 is 1.19 bits per heavy atom. The molecule has 0 fully saturated rings. The van der Waals surface area contributed by atoms with E-state index in [1.807, 2.05) is 31.2 Å². The molecule has 3 nitrogen and oxygen atoms in total. The van der Waals surface area contributed by atoms with Gasteiger partial charge in [0.1, 0.15) is 11.6 Å². The van der Waals surface area contributed by atoms with Gasteiger partial charge in [-0.15, -0.1) is 0 Å². The number of amides is 1. The van der Waals surface area contributed by atoms with E-state index in [1.165, 1.54) is 12.1 Å². The summed E-state index contributed by atoms with van der Waals surface area (Å²) in [7, 11) is 0. The highest BCUT2D eigenvalue weighted by atomic mass is 19.1. The minimum absolute atomic E-state index is 0.146. The molecule has 0 atom stereocenters. The average Bonchev–Trinajstić information content (AvgIpc) is 2.47. The quantitative estimate of drug-likeness (QED) is 0.877. The van der Waals surface area contributed by atoms with Crippen LogP contribution in [-0.4, -0.2) is 12.5 Å². The fraction of sp³-hybridized carbons (Fsp3) is 0.235. The Bertz CT molecular complexity index is 613. The molecule has 0 heterocycles. The van der Waals surface area contributed by atoms with Crippen molar-refractivity contribution in [1.82, 2.24) is 0 Å². The van der Waals surface area contributed by atoms with Crippen LogP contribution in [0.25, 0.3) is 0 Å². The molecule has 0 unspecified atom stereocenters. The highest BCUT2D eigenvalue weighted by Crippen LogP contribution is 2.20. The van der Waals surface area contributed by atoms with E-state index < -0.39 is 0 Å². The minimum atomic E-state index is -0.366. The fourth-order valence-electron chi connectivity index (χ4n) is 2.04. The van der Waals surface area contributed by atoms with Gasteiger partial charge in [-0.05, 0) is 43.2 Å². The summed E-state index contributed by atoms with van der Waals surface area (Å²) in [6.45, 7) is 2.51. The Balaban J connectivity index is 1.92. The van der Waals surface area contributed by atoms with Crippen molar-refractivity contribution in [3.05, 3.63) is 59.9 Å². The van der Waals surface area contributed by atoms with Crippen molar-refractivity contribution in [2.75, 3.05) is 11.9 Å². The Labute approximate surface area is 123 Å². The summed E-state index contributed by atoms with van der Waals surface area (Å²) >= 11 is 0. The molecular formula is C17H18FNO2. The Kier molecular flexibility index (Phi) is 5.32. The maximum absolute atomic E-state index is 13.0. The molecule has 0 saturated heterocycles. The molecule has 0 spiro atoms. The number of carbonyl (C=O) groups is 1. The second-order valence-electron chi connectivity index (χ2n) is 4.60. The molecule has 1 N–H and O–H groups in total. The molecule has 2 aromatic rings. The maximum Gasteiger partial charge on any atom is 0.224 e. The van der Waals surface area contributed by atoms with Crippen LogP contribution >= 0.6 is 0 Å². The van der Waals surface area contributed by atoms with Crippen LogP contribution in [0, 0.1) is 5.82 Å². The van der Waals surface area contributed by atoms with Crippen LogP contribution in [0.3, 0.4) is 0 Å². The molecule has 0 aromatic heterocycles. The zero-order chi connectivity index (χ0) is 15.1. The summed E-state index contributed by atoms with van der Waals surface area (Å²) in [6.07, 6.45) is 0.901. The molecule has 2 rings (SSSR count). The van der Waals surface area contributed by atoms with Crippen LogP contribution in [0.1, 0.15) is 18.9 Å². The van der Waals surface area contributed by atoms with Gasteiger partial charge in [-0.3, -0.25) is 4.79 Å². The van der Waals surface area contributed by atoms with E-state index in [-0.39, 0.29) is 11.7 Å². The molecule has 21 heavy (non-hydrogen) atoms. The predicted octanol–water partition coefficient (Wildman–Crippen LogP) is 3.80. The number of para-hydroxylation sites is 1. The zero-order valence-corrected chi connectivity index (χ0v) is 11.9. The molecule has 0 radical (unpaired) electrons. The van der Waals surface area contributed by atoms with Crippen molar-refractivity contribution < 1.29 is 13.9 Å². The molecule has 0 bridgehead atoms. The Morgan fingerprint density at radius 3 is 2.76 bits per heavy atom. The van der Waals surface area contributed by atoms with Crippen LogP contribution in [0.4, 0.5) is 10.1 Å². The van der Waals surface area contributed by atoms with E-state index in [2.05, 4.69) is 5.32 Å². The van der Waals surface area contributed by atoms with Crippen molar-refractivity contribution in [3.8, 4) is 5.75 Å². The molecule has 0 aliphatic carbocycles. The number of hydrogen-bond donors (Lipinski definition) is 1. The van der Waals surface area contributed by atoms with Crippen LogP contribution in [0.2, 0.25) is 0 Å². The lowest BCUT2D eigenvalue weighted by molar-refractivity contribution is -0.116. The number of benzene rings is 2. The molecule has 2 aromatic carbocycles. The van der Waals surface area contributed by atoms with Crippen molar-refractivity contribution >= 4 is 11.6 Å². The number of ether oxygens (including phenoxy) is 1. The molecular weight excluding hydrogens is 269 g/mol. The first-order chi connectivity index (χ1) is 10.2. The van der Waals surface area contributed by atoms with E-state index in [1.54, 1.807) is 12.1 Å². The summed E-state index contributed by atoms with van der Waals surface area (Å²) in [5, 5.41) is 2.68. The molecule has 1 amide bonds. The smallest absolute Gasteiger partial charge is 0.224 e. The van der Waals surface area contributed by atoms with E-state index in [4.69, 9.17) is 4.74 Å². The summed E-state index contributed by atoms with van der Waals surface area (Å²) in [4.78, 5) is 11.9. The van der Waals surface area contributed by atoms with Gasteiger partial charge in [0, 0.05) is 12.1 Å². The van der Waals surface area contributed by atoms with Crippen molar-refractivity contribution in [2.24, 2.45) is 0 Å². The number of anilines is 1. The van der Waals surface area contributed by atoms with Crippen molar-refractivity contribution in [2.45, 2.75) is 19.8 Å². The lowest BCUT2D eigenvalue weighted by atomic mass is 10.1. The van der Waals surface area contributed by atoms with Gasteiger partial charge in [-0.25, -0.2) is 4.39 Å². The number of aryl methyl sites for hydroxylation is 1. The van der Waals surface area contributed by atoms with Crippen LogP contribution in [0.5, 0.6) is 5.75 Å². The normalized spacial score (nSPS) is 10.2. The number of nitrogens with one attached hydrogen (secondary N) is 1. The van der Waals surface area contributed by atoms with Gasteiger partial charge >= 0.3 is 0 Å². The highest BCUT2D eigenvalue weighted by molar-refractivity contribution is 5.90. The first-order valence-electron chi connectivity index (χ1n) is 6.95. The topological polar surface area (TPSA) is 38.3 Å². The van der Waals surface area contributed by atoms with E-state index >= 15 is 0 Å². The number of hydrogen-bond acceptors (Lipinski definition) is 2. The average molecular weight is 287 g/mol. The lowest BCUT2D eigenvalue weighted by Crippen LogP contribution is -2.12. The summed E-state index contributed by atoms with van der Waals surface area (Å²) in [5.74, 6) is 0.292. The molecule has 110 valence electrons. The van der Waals surface area contributed by atoms with Crippen molar-refractivity contribution in [3.63, 3.8) is 0 Å². The zero-order valence-electron chi connectivity index (χ0n) is 11.9. The van der Waals surface area contributed by atoms with Crippen LogP contribution in [0.15, 0.2) is 48.5 Å². The Morgan fingerprint density at radius 2 is 2.00 bits per heavy atom. The van der Waals surface area contributed by atoms with Crippen molar-refractivity contribution in [1.29, 1.82) is 0 Å². The third kappa shape index (κ3) is 4.60. The van der Waals surface area contributed by atoms with Gasteiger partial charge in [0.05, 0.1) is 6.61 Å². The molecule has 0 aliphatic rings. The first-order valence-corrected chi connectivity index (χ1v) is 6.95. The van der Waals surface area contributed by atoms with Gasteiger partial charge in [-0.2, -0.15) is 0 Å². The minimum Gasteiger partial charge on any atom is -0.494 e. The Hall–Kier alpha value is -2.36. The van der Waals surface area contributed by atoms with E-state index in [0.29, 0.717) is 25.1 Å². The lowest BCUT2D eigenvalue weighted by Gasteiger charge is -2.10. The van der Waals surface area contributed by atoms with Gasteiger partial charge in [0.25, 0.3) is 0 Å². The predicted molar refractivity (Wildman–Crippen MR) is 81.0 cm³/mol. The number of carbonyl (C=O) groups excluding carboxylic acids is 1. The standard InChI is InChI=1S/C17H18FNO2/c1-2-21-16-9-4-3-6-13(16)10-11-17(20)19-15-8-5-7-14(18)12-15/h3-9,12H,2,10-11H2,1H3,(H,19,20). The number of rotatable bonds is 6. The second-order valence-corrected chi connectivity index (χ2v) is 4.60. The third-order valence-electron chi connectivity index (χ3n) is 3.00. The first kappa shape index (κ1) is 15.0. The third-order valence-corrected chi connectivity index (χ3v) is 3.00.